The van der Waals surface area contributed by atoms with Gasteiger partial charge in [0.2, 0.25) is 0 Å². The zero-order valence-corrected chi connectivity index (χ0v) is 11.9. The molecule has 0 saturated heterocycles. The number of halogens is 3. The average Bonchev–Trinajstić information content (AvgIpc) is 2.47. The Bertz CT molecular complexity index is 655. The van der Waals surface area contributed by atoms with Crippen molar-refractivity contribution in [3.05, 3.63) is 59.7 Å². The van der Waals surface area contributed by atoms with Crippen molar-refractivity contribution < 1.29 is 18.0 Å². The van der Waals surface area contributed by atoms with E-state index in [0.29, 0.717) is 5.69 Å². The fourth-order valence-electron chi connectivity index (χ4n) is 1.78. The number of carbonyl (C=O) groups excluding carboxylic acids is 1. The molecular formula is C15H12F3NOS. The number of nitrogens with one attached hydrogen (secondary N) is 1. The monoisotopic (exact) mass is 311 g/mol. The predicted molar refractivity (Wildman–Crippen MR) is 77.6 cm³/mol. The van der Waals surface area contributed by atoms with Gasteiger partial charge < -0.3 is 5.32 Å². The third kappa shape index (κ3) is 3.78. The van der Waals surface area contributed by atoms with Gasteiger partial charge in [0, 0.05) is 10.5 Å². The standard InChI is InChI=1S/C15H12F3NOS/c1-21-13-8-3-2-7-12(13)19-14(20)10-5-4-6-11(9-10)15(16,17)18/h2-9H,1H3,(H,19,20). The number of alkyl halides is 3. The lowest BCUT2D eigenvalue weighted by Gasteiger charge is -2.11. The molecule has 2 rings (SSSR count). The second kappa shape index (κ2) is 6.22. The maximum Gasteiger partial charge on any atom is 0.416 e. The molecule has 0 bridgehead atoms. The van der Waals surface area contributed by atoms with Crippen LogP contribution in [0.15, 0.2) is 53.4 Å². The van der Waals surface area contributed by atoms with E-state index < -0.39 is 17.6 Å². The second-order valence-corrected chi connectivity index (χ2v) is 5.08. The minimum atomic E-state index is -4.46. The second-order valence-electron chi connectivity index (χ2n) is 4.23. The zero-order valence-electron chi connectivity index (χ0n) is 11.1. The maximum atomic E-state index is 12.6. The molecule has 0 aromatic heterocycles. The summed E-state index contributed by atoms with van der Waals surface area (Å²) in [6.45, 7) is 0. The van der Waals surface area contributed by atoms with Gasteiger partial charge in [0.15, 0.2) is 0 Å². The maximum absolute atomic E-state index is 12.6. The van der Waals surface area contributed by atoms with Crippen LogP contribution in [0.3, 0.4) is 0 Å². The number of rotatable bonds is 3. The molecule has 21 heavy (non-hydrogen) atoms. The molecule has 6 heteroatoms. The SMILES string of the molecule is CSc1ccccc1NC(=O)c1cccc(C(F)(F)F)c1. The molecule has 1 N–H and O–H groups in total. The predicted octanol–water partition coefficient (Wildman–Crippen LogP) is 4.68. The summed E-state index contributed by atoms with van der Waals surface area (Å²) < 4.78 is 37.9. The van der Waals surface area contributed by atoms with Crippen molar-refractivity contribution in [1.29, 1.82) is 0 Å². The first-order valence-corrected chi connectivity index (χ1v) is 7.26. The van der Waals surface area contributed by atoms with Crippen LogP contribution in [0.2, 0.25) is 0 Å². The van der Waals surface area contributed by atoms with Gasteiger partial charge >= 0.3 is 6.18 Å². The molecule has 0 radical (unpaired) electrons. The van der Waals surface area contributed by atoms with E-state index in [1.54, 1.807) is 12.1 Å². The van der Waals surface area contributed by atoms with Crippen LogP contribution >= 0.6 is 11.8 Å². The third-order valence-corrected chi connectivity index (χ3v) is 3.60. The Morgan fingerprint density at radius 3 is 2.48 bits per heavy atom. The van der Waals surface area contributed by atoms with Gasteiger partial charge in [-0.05, 0) is 36.6 Å². The van der Waals surface area contributed by atoms with Gasteiger partial charge in [-0.2, -0.15) is 13.2 Å². The van der Waals surface area contributed by atoms with E-state index in [1.807, 2.05) is 18.4 Å². The quantitative estimate of drug-likeness (QED) is 0.834. The Balaban J connectivity index is 2.25. The molecule has 0 aliphatic rings. The molecule has 0 aliphatic carbocycles. The molecule has 2 nitrogen and oxygen atoms in total. The molecule has 0 spiro atoms. The third-order valence-electron chi connectivity index (χ3n) is 2.81. The van der Waals surface area contributed by atoms with E-state index >= 15 is 0 Å². The number of para-hydroxylation sites is 1. The van der Waals surface area contributed by atoms with Crippen molar-refractivity contribution in [3.63, 3.8) is 0 Å². The Kier molecular flexibility index (Phi) is 4.57. The molecule has 0 saturated carbocycles. The Labute approximate surface area is 124 Å². The van der Waals surface area contributed by atoms with Crippen molar-refractivity contribution in [2.45, 2.75) is 11.1 Å². The summed E-state index contributed by atoms with van der Waals surface area (Å²) in [5, 5.41) is 2.63. The molecule has 2 aromatic carbocycles. The first-order chi connectivity index (χ1) is 9.91. The van der Waals surface area contributed by atoms with Gasteiger partial charge in [-0.1, -0.05) is 18.2 Å². The Morgan fingerprint density at radius 1 is 1.10 bits per heavy atom. The average molecular weight is 311 g/mol. The lowest BCUT2D eigenvalue weighted by atomic mass is 10.1. The summed E-state index contributed by atoms with van der Waals surface area (Å²) in [4.78, 5) is 12.9. The van der Waals surface area contributed by atoms with Crippen molar-refractivity contribution in [2.24, 2.45) is 0 Å². The topological polar surface area (TPSA) is 29.1 Å². The summed E-state index contributed by atoms with van der Waals surface area (Å²) in [6.07, 6.45) is -2.61. The summed E-state index contributed by atoms with van der Waals surface area (Å²) in [5.74, 6) is -0.567. The van der Waals surface area contributed by atoms with Crippen LogP contribution in [-0.2, 0) is 6.18 Å². The smallest absolute Gasteiger partial charge is 0.321 e. The van der Waals surface area contributed by atoms with Crippen LogP contribution in [0.4, 0.5) is 18.9 Å². The van der Waals surface area contributed by atoms with Gasteiger partial charge in [0.1, 0.15) is 0 Å². The summed E-state index contributed by atoms with van der Waals surface area (Å²) in [7, 11) is 0. The van der Waals surface area contributed by atoms with Crippen LogP contribution in [0.25, 0.3) is 0 Å². The van der Waals surface area contributed by atoms with E-state index in [4.69, 9.17) is 0 Å². The molecule has 0 heterocycles. The molecule has 110 valence electrons. The molecule has 0 unspecified atom stereocenters. The largest absolute Gasteiger partial charge is 0.416 e. The van der Waals surface area contributed by atoms with Crippen molar-refractivity contribution in [2.75, 3.05) is 11.6 Å². The molecular weight excluding hydrogens is 299 g/mol. The van der Waals surface area contributed by atoms with Crippen LogP contribution in [0, 0.1) is 0 Å². The highest BCUT2D eigenvalue weighted by molar-refractivity contribution is 7.98. The summed E-state index contributed by atoms with van der Waals surface area (Å²) >= 11 is 1.45. The first-order valence-electron chi connectivity index (χ1n) is 6.03. The van der Waals surface area contributed by atoms with E-state index in [2.05, 4.69) is 5.32 Å². The lowest BCUT2D eigenvalue weighted by Crippen LogP contribution is -2.14. The number of hydrogen-bond acceptors (Lipinski definition) is 2. The lowest BCUT2D eigenvalue weighted by molar-refractivity contribution is -0.137. The molecule has 1 amide bonds. The normalized spacial score (nSPS) is 11.2. The van der Waals surface area contributed by atoms with Crippen LogP contribution < -0.4 is 5.32 Å². The molecule has 0 atom stereocenters. The van der Waals surface area contributed by atoms with Gasteiger partial charge in [0.05, 0.1) is 11.3 Å². The molecule has 0 aliphatic heterocycles. The van der Waals surface area contributed by atoms with Crippen molar-refractivity contribution in [3.8, 4) is 0 Å². The van der Waals surface area contributed by atoms with Crippen LogP contribution in [-0.4, -0.2) is 12.2 Å². The van der Waals surface area contributed by atoms with E-state index in [9.17, 15) is 18.0 Å². The van der Waals surface area contributed by atoms with E-state index in [1.165, 1.54) is 23.9 Å². The van der Waals surface area contributed by atoms with Gasteiger partial charge in [0.25, 0.3) is 5.91 Å². The fourth-order valence-corrected chi connectivity index (χ4v) is 2.33. The van der Waals surface area contributed by atoms with Crippen LogP contribution in [0.5, 0.6) is 0 Å². The molecule has 0 fully saturated rings. The number of benzene rings is 2. The van der Waals surface area contributed by atoms with Crippen LogP contribution in [0.1, 0.15) is 15.9 Å². The van der Waals surface area contributed by atoms with E-state index in [0.717, 1.165) is 17.0 Å². The minimum Gasteiger partial charge on any atom is -0.321 e. The number of thioether (sulfide) groups is 1. The number of hydrogen-bond donors (Lipinski definition) is 1. The van der Waals surface area contributed by atoms with Crippen molar-refractivity contribution >= 4 is 23.4 Å². The number of anilines is 1. The molecule has 2 aromatic rings. The number of amides is 1. The highest BCUT2D eigenvalue weighted by Gasteiger charge is 2.30. The minimum absolute atomic E-state index is 0.0271. The first kappa shape index (κ1) is 15.4. The highest BCUT2D eigenvalue weighted by Crippen LogP contribution is 2.30. The highest BCUT2D eigenvalue weighted by atomic mass is 32.2. The van der Waals surface area contributed by atoms with E-state index in [-0.39, 0.29) is 5.56 Å². The Morgan fingerprint density at radius 2 is 1.81 bits per heavy atom. The summed E-state index contributed by atoms with van der Waals surface area (Å²) in [5.41, 5.74) is -0.290. The van der Waals surface area contributed by atoms with Gasteiger partial charge in [-0.3, -0.25) is 4.79 Å². The zero-order chi connectivity index (χ0) is 15.5. The Hall–Kier alpha value is -1.95. The fraction of sp³-hybridized carbons (Fsp3) is 0.133. The van der Waals surface area contributed by atoms with Gasteiger partial charge in [-0.25, -0.2) is 0 Å². The number of carbonyl (C=O) groups is 1. The summed E-state index contributed by atoms with van der Waals surface area (Å²) in [6, 6.07) is 11.5. The van der Waals surface area contributed by atoms with Crippen molar-refractivity contribution in [1.82, 2.24) is 0 Å². The van der Waals surface area contributed by atoms with Gasteiger partial charge in [-0.15, -0.1) is 11.8 Å².